The van der Waals surface area contributed by atoms with Crippen molar-refractivity contribution in [2.45, 2.75) is 19.8 Å². The Morgan fingerprint density at radius 3 is 2.46 bits per heavy atom. The Kier molecular flexibility index (Phi) is 4.40. The lowest BCUT2D eigenvalue weighted by Gasteiger charge is -2.08. The van der Waals surface area contributed by atoms with Gasteiger partial charge in [0.05, 0.1) is 5.56 Å². The number of Topliss-reactive ketones (excluding diaryl/α,β-unsaturated/α-hetero) is 1. The molecule has 0 fully saturated rings. The minimum Gasteiger partial charge on any atom is -0.360 e. The lowest BCUT2D eigenvalue weighted by atomic mass is 10.0. The molecule has 0 aliphatic rings. The van der Waals surface area contributed by atoms with Gasteiger partial charge in [-0.3, -0.25) is 9.59 Å². The molecular weight excluding hydrogens is 324 g/mol. The summed E-state index contributed by atoms with van der Waals surface area (Å²) < 4.78 is 0. The Morgan fingerprint density at radius 2 is 1.79 bits per heavy atom. The molecule has 0 saturated heterocycles. The number of amides is 1. The third kappa shape index (κ3) is 3.19. The zero-order valence-corrected chi connectivity index (χ0v) is 14.1. The summed E-state index contributed by atoms with van der Waals surface area (Å²) in [7, 11) is 0. The highest BCUT2D eigenvalue weighted by molar-refractivity contribution is 6.48. The Balaban J connectivity index is 1.81. The van der Waals surface area contributed by atoms with Crippen molar-refractivity contribution in [3.63, 3.8) is 0 Å². The van der Waals surface area contributed by atoms with Crippen molar-refractivity contribution >= 4 is 39.9 Å². The van der Waals surface area contributed by atoms with Gasteiger partial charge in [0, 0.05) is 27.8 Å². The van der Waals surface area contributed by atoms with E-state index >= 15 is 0 Å². The van der Waals surface area contributed by atoms with Crippen LogP contribution in [0.3, 0.4) is 0 Å². The number of anilines is 1. The lowest BCUT2D eigenvalue weighted by Crippen LogP contribution is -2.22. The highest BCUT2D eigenvalue weighted by Gasteiger charge is 2.20. The number of H-pyrrole nitrogens is 1. The molecule has 5 heteroatoms. The number of aromatic amines is 1. The number of rotatable bonds is 4. The van der Waals surface area contributed by atoms with Crippen molar-refractivity contribution < 1.29 is 9.59 Å². The van der Waals surface area contributed by atoms with Crippen molar-refractivity contribution in [1.82, 2.24) is 4.98 Å². The number of halogens is 1. The van der Waals surface area contributed by atoms with Gasteiger partial charge in [-0.25, -0.2) is 0 Å². The summed E-state index contributed by atoms with van der Waals surface area (Å²) in [6.07, 6.45) is 1.53. The quantitative estimate of drug-likeness (QED) is 0.531. The number of hydrogen-bond acceptors (Lipinski definition) is 2. The van der Waals surface area contributed by atoms with Crippen LogP contribution >= 0.6 is 11.6 Å². The second-order valence-corrected chi connectivity index (χ2v) is 6.39. The molecule has 4 nitrogen and oxygen atoms in total. The number of carbonyl (C=O) groups is 2. The lowest BCUT2D eigenvalue weighted by molar-refractivity contribution is -0.112. The summed E-state index contributed by atoms with van der Waals surface area (Å²) in [6, 6.07) is 12.7. The zero-order valence-electron chi connectivity index (χ0n) is 13.4. The first-order valence-corrected chi connectivity index (χ1v) is 8.06. The van der Waals surface area contributed by atoms with Crippen LogP contribution in [0.15, 0.2) is 48.7 Å². The first-order valence-electron chi connectivity index (χ1n) is 7.68. The third-order valence-electron chi connectivity index (χ3n) is 3.93. The van der Waals surface area contributed by atoms with E-state index in [1.54, 1.807) is 30.3 Å². The fraction of sp³-hybridized carbons (Fsp3) is 0.158. The van der Waals surface area contributed by atoms with Crippen molar-refractivity contribution in [1.29, 1.82) is 0 Å². The number of fused-ring (bicyclic) bond motifs is 1. The molecule has 0 spiro atoms. The Hall–Kier alpha value is -2.59. The van der Waals surface area contributed by atoms with Gasteiger partial charge in [0.15, 0.2) is 0 Å². The average molecular weight is 341 g/mol. The Bertz CT molecular complexity index is 911. The maximum absolute atomic E-state index is 12.4. The van der Waals surface area contributed by atoms with Crippen LogP contribution in [-0.2, 0) is 4.79 Å². The van der Waals surface area contributed by atoms with Gasteiger partial charge in [0.1, 0.15) is 0 Å². The Morgan fingerprint density at radius 1 is 1.08 bits per heavy atom. The van der Waals surface area contributed by atoms with E-state index in [-0.39, 0.29) is 0 Å². The van der Waals surface area contributed by atoms with E-state index in [4.69, 9.17) is 11.6 Å². The summed E-state index contributed by atoms with van der Waals surface area (Å²) >= 11 is 5.98. The van der Waals surface area contributed by atoms with Crippen LogP contribution < -0.4 is 5.32 Å². The van der Waals surface area contributed by atoms with E-state index in [9.17, 15) is 9.59 Å². The van der Waals surface area contributed by atoms with Gasteiger partial charge >= 0.3 is 0 Å². The largest absolute Gasteiger partial charge is 0.360 e. The molecule has 0 atom stereocenters. The summed E-state index contributed by atoms with van der Waals surface area (Å²) in [5, 5.41) is 3.79. The maximum Gasteiger partial charge on any atom is 0.296 e. The molecule has 0 saturated carbocycles. The van der Waals surface area contributed by atoms with E-state index in [2.05, 4.69) is 24.1 Å². The van der Waals surface area contributed by atoms with Gasteiger partial charge in [0.2, 0.25) is 0 Å². The van der Waals surface area contributed by atoms with Crippen molar-refractivity contribution in [3.05, 3.63) is 64.8 Å². The zero-order chi connectivity index (χ0) is 17.3. The predicted octanol–water partition coefficient (Wildman–Crippen LogP) is 4.77. The minimum atomic E-state index is -0.673. The van der Waals surface area contributed by atoms with Gasteiger partial charge in [-0.15, -0.1) is 0 Å². The van der Waals surface area contributed by atoms with E-state index in [1.165, 1.54) is 11.8 Å². The predicted molar refractivity (Wildman–Crippen MR) is 96.8 cm³/mol. The Labute approximate surface area is 144 Å². The minimum absolute atomic E-state index is 0.309. The number of ketones is 1. The standard InChI is InChI=1S/C19H17ClN2O2/c1-11(2)12-3-6-14(7-4-12)22-19(24)18(23)16-10-21-17-8-5-13(20)9-15(16)17/h3-11,21H,1-2H3,(H,22,24). The molecule has 2 aromatic carbocycles. The molecule has 3 rings (SSSR count). The molecule has 24 heavy (non-hydrogen) atoms. The summed E-state index contributed by atoms with van der Waals surface area (Å²) in [5.74, 6) is -0.864. The molecule has 0 aliphatic heterocycles. The van der Waals surface area contributed by atoms with E-state index < -0.39 is 11.7 Å². The maximum atomic E-state index is 12.4. The molecule has 0 bridgehead atoms. The van der Waals surface area contributed by atoms with Crippen molar-refractivity contribution in [2.24, 2.45) is 0 Å². The monoisotopic (exact) mass is 340 g/mol. The molecule has 2 N–H and O–H groups in total. The molecule has 1 aromatic heterocycles. The van der Waals surface area contributed by atoms with E-state index in [0.29, 0.717) is 27.6 Å². The van der Waals surface area contributed by atoms with Gasteiger partial charge in [-0.2, -0.15) is 0 Å². The third-order valence-corrected chi connectivity index (χ3v) is 4.16. The SMILES string of the molecule is CC(C)c1ccc(NC(=O)C(=O)c2c[nH]c3ccc(Cl)cc23)cc1. The molecule has 0 unspecified atom stereocenters. The second kappa shape index (κ2) is 6.49. The van der Waals surface area contributed by atoms with Crippen LogP contribution in [0.25, 0.3) is 10.9 Å². The smallest absolute Gasteiger partial charge is 0.296 e. The van der Waals surface area contributed by atoms with Crippen LogP contribution in [0.5, 0.6) is 0 Å². The number of carbonyl (C=O) groups excluding carboxylic acids is 2. The van der Waals surface area contributed by atoms with Crippen LogP contribution in [-0.4, -0.2) is 16.7 Å². The molecule has 0 aliphatic carbocycles. The fourth-order valence-electron chi connectivity index (χ4n) is 2.54. The van der Waals surface area contributed by atoms with Crippen LogP contribution in [0.2, 0.25) is 5.02 Å². The number of nitrogens with one attached hydrogen (secondary N) is 2. The molecule has 0 radical (unpaired) electrons. The van der Waals surface area contributed by atoms with E-state index in [1.807, 2.05) is 12.1 Å². The molecule has 1 amide bonds. The topological polar surface area (TPSA) is 62.0 Å². The number of benzene rings is 2. The average Bonchev–Trinajstić information content (AvgIpc) is 2.97. The first kappa shape index (κ1) is 16.3. The van der Waals surface area contributed by atoms with Crippen molar-refractivity contribution in [2.75, 3.05) is 5.32 Å². The number of aromatic nitrogens is 1. The highest BCUT2D eigenvalue weighted by atomic mass is 35.5. The molecule has 122 valence electrons. The summed E-state index contributed by atoms with van der Waals surface area (Å²) in [5.41, 5.74) is 2.84. The number of hydrogen-bond donors (Lipinski definition) is 2. The van der Waals surface area contributed by atoms with E-state index in [0.717, 1.165) is 5.52 Å². The summed E-state index contributed by atoms with van der Waals surface area (Å²) in [4.78, 5) is 27.7. The van der Waals surface area contributed by atoms with Crippen LogP contribution in [0.1, 0.15) is 35.7 Å². The normalized spacial score (nSPS) is 11.0. The van der Waals surface area contributed by atoms with Gasteiger partial charge < -0.3 is 10.3 Å². The molecule has 3 aromatic rings. The fourth-order valence-corrected chi connectivity index (χ4v) is 2.71. The van der Waals surface area contributed by atoms with Gasteiger partial charge in [0.25, 0.3) is 11.7 Å². The van der Waals surface area contributed by atoms with Crippen LogP contribution in [0, 0.1) is 0 Å². The second-order valence-electron chi connectivity index (χ2n) is 5.95. The van der Waals surface area contributed by atoms with Crippen LogP contribution in [0.4, 0.5) is 5.69 Å². The summed E-state index contributed by atoms with van der Waals surface area (Å²) in [6.45, 7) is 4.19. The molecule has 1 heterocycles. The van der Waals surface area contributed by atoms with Crippen molar-refractivity contribution in [3.8, 4) is 0 Å². The first-order chi connectivity index (χ1) is 11.5. The van der Waals surface area contributed by atoms with Gasteiger partial charge in [-0.1, -0.05) is 37.6 Å². The molecular formula is C19H17ClN2O2. The highest BCUT2D eigenvalue weighted by Crippen LogP contribution is 2.23. The van der Waals surface area contributed by atoms with Gasteiger partial charge in [-0.05, 0) is 41.8 Å².